The lowest BCUT2D eigenvalue weighted by molar-refractivity contribution is 0.0682. The SMILES string of the molecule is COCC#Cc1ccc(Nc2c(C(=O)O)ccc(F)c2F)c(F)c1.O=C(O)c1ccc(F)c(F)c1F. The largest absolute Gasteiger partial charge is 0.478 e. The van der Waals surface area contributed by atoms with Gasteiger partial charge in [-0.2, -0.15) is 0 Å². The first-order chi connectivity index (χ1) is 17.0. The molecule has 36 heavy (non-hydrogen) atoms. The molecule has 188 valence electrons. The topological polar surface area (TPSA) is 95.9 Å². The summed E-state index contributed by atoms with van der Waals surface area (Å²) >= 11 is 0. The highest BCUT2D eigenvalue weighted by atomic mass is 19.2. The minimum atomic E-state index is -1.77. The maximum atomic E-state index is 14.1. The molecular formula is C24H15F6NO5. The smallest absolute Gasteiger partial charge is 0.338 e. The Kier molecular flexibility index (Phi) is 9.46. The lowest BCUT2D eigenvalue weighted by Crippen LogP contribution is -2.07. The third-order valence-corrected chi connectivity index (χ3v) is 4.27. The van der Waals surface area contributed by atoms with E-state index in [0.29, 0.717) is 23.8 Å². The highest BCUT2D eigenvalue weighted by Gasteiger charge is 2.20. The predicted octanol–water partition coefficient (Wildman–Crippen LogP) is 5.35. The molecule has 0 unspecified atom stereocenters. The van der Waals surface area contributed by atoms with E-state index in [-0.39, 0.29) is 12.3 Å². The fourth-order valence-electron chi connectivity index (χ4n) is 2.58. The molecule has 0 aliphatic heterocycles. The molecule has 0 amide bonds. The van der Waals surface area contributed by atoms with Gasteiger partial charge in [0.25, 0.3) is 0 Å². The number of halogens is 6. The summed E-state index contributed by atoms with van der Waals surface area (Å²) in [6, 6.07) is 6.59. The number of carboxylic acid groups (broad SMARTS) is 2. The van der Waals surface area contributed by atoms with E-state index in [2.05, 4.69) is 17.2 Å². The zero-order chi connectivity index (χ0) is 27.0. The summed E-state index contributed by atoms with van der Waals surface area (Å²) in [4.78, 5) is 21.3. The van der Waals surface area contributed by atoms with Gasteiger partial charge in [0.2, 0.25) is 0 Å². The number of carbonyl (C=O) groups is 2. The molecule has 0 atom stereocenters. The molecule has 0 aromatic heterocycles. The van der Waals surface area contributed by atoms with Crippen molar-refractivity contribution in [3.05, 3.63) is 94.1 Å². The van der Waals surface area contributed by atoms with Crippen LogP contribution in [-0.4, -0.2) is 35.9 Å². The van der Waals surface area contributed by atoms with Gasteiger partial charge in [-0.05, 0) is 42.5 Å². The Bertz CT molecular complexity index is 1370. The number of hydrogen-bond acceptors (Lipinski definition) is 4. The van der Waals surface area contributed by atoms with Crippen molar-refractivity contribution in [1.82, 2.24) is 0 Å². The second-order valence-electron chi connectivity index (χ2n) is 6.67. The van der Waals surface area contributed by atoms with Gasteiger partial charge in [0.15, 0.2) is 29.1 Å². The van der Waals surface area contributed by atoms with E-state index in [9.17, 15) is 35.9 Å². The van der Waals surface area contributed by atoms with Crippen LogP contribution in [-0.2, 0) is 4.74 Å². The van der Waals surface area contributed by atoms with Crippen LogP contribution in [0.2, 0.25) is 0 Å². The highest BCUT2D eigenvalue weighted by molar-refractivity contribution is 5.95. The molecule has 0 heterocycles. The van der Waals surface area contributed by atoms with Gasteiger partial charge in [0, 0.05) is 12.7 Å². The Hall–Kier alpha value is -4.50. The Morgan fingerprint density at radius 1 is 0.806 bits per heavy atom. The molecule has 0 spiro atoms. The minimum Gasteiger partial charge on any atom is -0.478 e. The predicted molar refractivity (Wildman–Crippen MR) is 115 cm³/mol. The van der Waals surface area contributed by atoms with Crippen molar-refractivity contribution in [2.45, 2.75) is 0 Å². The third-order valence-electron chi connectivity index (χ3n) is 4.27. The average molecular weight is 511 g/mol. The Balaban J connectivity index is 0.000000319. The number of benzene rings is 3. The van der Waals surface area contributed by atoms with Gasteiger partial charge in [0.05, 0.1) is 22.5 Å². The standard InChI is InChI=1S/C17H12F3NO3.C7H3F3O2/c1-24-8-2-3-10-4-7-14(13(19)9-10)21-16-11(17(22)23)5-6-12(18)15(16)20;8-4-2-1-3(7(11)12)5(9)6(4)10/h4-7,9,21H,8H2,1H3,(H,22,23);1-2H,(H,11,12). The van der Waals surface area contributed by atoms with Gasteiger partial charge in [0.1, 0.15) is 12.4 Å². The lowest BCUT2D eigenvalue weighted by atomic mass is 10.1. The number of anilines is 2. The first-order valence-corrected chi connectivity index (χ1v) is 9.60. The first-order valence-electron chi connectivity index (χ1n) is 9.60. The van der Waals surface area contributed by atoms with Gasteiger partial charge in [-0.3, -0.25) is 0 Å². The highest BCUT2D eigenvalue weighted by Crippen LogP contribution is 2.28. The fourth-order valence-corrected chi connectivity index (χ4v) is 2.58. The van der Waals surface area contributed by atoms with E-state index in [1.807, 2.05) is 0 Å². The number of rotatable bonds is 5. The molecule has 0 aliphatic carbocycles. The van der Waals surface area contributed by atoms with Crippen molar-refractivity contribution in [2.24, 2.45) is 0 Å². The molecule has 3 N–H and O–H groups in total. The number of aromatic carboxylic acids is 2. The Morgan fingerprint density at radius 3 is 1.94 bits per heavy atom. The summed E-state index contributed by atoms with van der Waals surface area (Å²) < 4.78 is 83.1. The molecule has 0 saturated heterocycles. The monoisotopic (exact) mass is 511 g/mol. The van der Waals surface area contributed by atoms with Crippen LogP contribution in [0.4, 0.5) is 37.7 Å². The second kappa shape index (κ2) is 12.3. The van der Waals surface area contributed by atoms with Crippen molar-refractivity contribution >= 4 is 23.3 Å². The minimum absolute atomic E-state index is 0.179. The van der Waals surface area contributed by atoms with Crippen molar-refractivity contribution in [3.8, 4) is 11.8 Å². The normalized spacial score (nSPS) is 9.97. The Labute approximate surface area is 199 Å². The summed E-state index contributed by atoms with van der Waals surface area (Å²) in [6.07, 6.45) is 0. The molecule has 0 fully saturated rings. The van der Waals surface area contributed by atoms with E-state index in [1.165, 1.54) is 19.2 Å². The average Bonchev–Trinajstić information content (AvgIpc) is 2.82. The molecule has 0 saturated carbocycles. The third kappa shape index (κ3) is 6.77. The van der Waals surface area contributed by atoms with Gasteiger partial charge in [-0.25, -0.2) is 35.9 Å². The van der Waals surface area contributed by atoms with Crippen molar-refractivity contribution in [3.63, 3.8) is 0 Å². The zero-order valence-corrected chi connectivity index (χ0v) is 18.1. The van der Waals surface area contributed by atoms with E-state index in [0.717, 1.165) is 12.1 Å². The van der Waals surface area contributed by atoms with E-state index in [1.54, 1.807) is 0 Å². The van der Waals surface area contributed by atoms with Crippen LogP contribution in [0.15, 0.2) is 42.5 Å². The van der Waals surface area contributed by atoms with Crippen LogP contribution in [0.3, 0.4) is 0 Å². The second-order valence-corrected chi connectivity index (χ2v) is 6.67. The van der Waals surface area contributed by atoms with Crippen LogP contribution >= 0.6 is 0 Å². The maximum Gasteiger partial charge on any atom is 0.338 e. The number of methoxy groups -OCH3 is 1. The summed E-state index contributed by atoms with van der Waals surface area (Å²) in [7, 11) is 1.47. The molecule has 12 heteroatoms. The van der Waals surface area contributed by atoms with E-state index >= 15 is 0 Å². The van der Waals surface area contributed by atoms with Crippen LogP contribution in [0.1, 0.15) is 26.3 Å². The molecule has 0 radical (unpaired) electrons. The lowest BCUT2D eigenvalue weighted by Gasteiger charge is -2.12. The van der Waals surface area contributed by atoms with Crippen LogP contribution in [0.25, 0.3) is 0 Å². The fraction of sp³-hybridized carbons (Fsp3) is 0.0833. The molecule has 3 aromatic rings. The maximum absolute atomic E-state index is 14.1. The Morgan fingerprint density at radius 2 is 1.39 bits per heavy atom. The molecule has 3 rings (SSSR count). The molecular weight excluding hydrogens is 496 g/mol. The molecule has 0 aliphatic rings. The van der Waals surface area contributed by atoms with Crippen LogP contribution in [0.5, 0.6) is 0 Å². The van der Waals surface area contributed by atoms with Gasteiger partial charge >= 0.3 is 11.9 Å². The number of hydrogen-bond donors (Lipinski definition) is 3. The summed E-state index contributed by atoms with van der Waals surface area (Å²) in [6.45, 7) is 0.179. The van der Waals surface area contributed by atoms with Crippen molar-refractivity contribution in [2.75, 3.05) is 19.0 Å². The summed E-state index contributed by atoms with van der Waals surface area (Å²) in [5.74, 6) is -6.10. The van der Waals surface area contributed by atoms with Crippen LogP contribution in [0, 0.1) is 46.7 Å². The van der Waals surface area contributed by atoms with E-state index in [4.69, 9.17) is 14.9 Å². The van der Waals surface area contributed by atoms with Gasteiger partial charge < -0.3 is 20.3 Å². The summed E-state index contributed by atoms with van der Waals surface area (Å²) in [5, 5.41) is 19.6. The van der Waals surface area contributed by atoms with Crippen molar-refractivity contribution < 1.29 is 50.9 Å². The molecule has 0 bridgehead atoms. The number of ether oxygens (including phenoxy) is 1. The van der Waals surface area contributed by atoms with Gasteiger partial charge in [-0.1, -0.05) is 11.8 Å². The summed E-state index contributed by atoms with van der Waals surface area (Å²) in [5.41, 5.74) is -1.90. The quantitative estimate of drug-likeness (QED) is 0.243. The van der Waals surface area contributed by atoms with Crippen molar-refractivity contribution in [1.29, 1.82) is 0 Å². The first kappa shape index (κ1) is 27.7. The molecule has 3 aromatic carbocycles. The van der Waals surface area contributed by atoms with Gasteiger partial charge in [-0.15, -0.1) is 0 Å². The number of carboxylic acids is 2. The molecule has 6 nitrogen and oxygen atoms in total. The number of nitrogens with one attached hydrogen (secondary N) is 1. The zero-order valence-electron chi connectivity index (χ0n) is 18.1. The van der Waals surface area contributed by atoms with Crippen LogP contribution < -0.4 is 5.32 Å². The van der Waals surface area contributed by atoms with E-state index < -0.39 is 63.7 Å².